The molecule has 0 atom stereocenters. The summed E-state index contributed by atoms with van der Waals surface area (Å²) in [5.41, 5.74) is 0.581. The highest BCUT2D eigenvalue weighted by molar-refractivity contribution is 4.88. The van der Waals surface area contributed by atoms with Crippen molar-refractivity contribution in [2.75, 3.05) is 33.2 Å². The number of nitrogens with zero attached hydrogens (tertiary/aromatic N) is 1. The van der Waals surface area contributed by atoms with Crippen molar-refractivity contribution in [3.63, 3.8) is 0 Å². The molecule has 0 spiro atoms. The van der Waals surface area contributed by atoms with Gasteiger partial charge >= 0.3 is 0 Å². The van der Waals surface area contributed by atoms with Crippen LogP contribution < -0.4 is 5.32 Å². The maximum Gasteiger partial charge on any atom is 0.00471 e. The Morgan fingerprint density at radius 2 is 1.82 bits per heavy atom. The lowest BCUT2D eigenvalue weighted by Gasteiger charge is -2.34. The van der Waals surface area contributed by atoms with Gasteiger partial charge in [-0.05, 0) is 51.2 Å². The second-order valence-corrected chi connectivity index (χ2v) is 5.98. The van der Waals surface area contributed by atoms with Crippen molar-refractivity contribution in [2.24, 2.45) is 5.41 Å². The van der Waals surface area contributed by atoms with Crippen LogP contribution in [0, 0.1) is 5.41 Å². The lowest BCUT2D eigenvalue weighted by Crippen LogP contribution is -2.41. The first-order chi connectivity index (χ1) is 8.22. The van der Waals surface area contributed by atoms with Crippen LogP contribution in [0.25, 0.3) is 0 Å². The SMILES string of the molecule is CCCCN(C)CC1(CNCCC)CCCC1. The predicted octanol–water partition coefficient (Wildman–Crippen LogP) is 3.28. The Morgan fingerprint density at radius 3 is 2.41 bits per heavy atom. The van der Waals surface area contributed by atoms with Gasteiger partial charge in [0, 0.05) is 13.1 Å². The highest BCUT2D eigenvalue weighted by atomic mass is 15.1. The van der Waals surface area contributed by atoms with Crippen molar-refractivity contribution in [1.29, 1.82) is 0 Å². The Morgan fingerprint density at radius 1 is 1.12 bits per heavy atom. The lowest BCUT2D eigenvalue weighted by atomic mass is 9.85. The first-order valence-electron chi connectivity index (χ1n) is 7.62. The fraction of sp³-hybridized carbons (Fsp3) is 1.00. The molecule has 0 heterocycles. The molecule has 1 rings (SSSR count). The lowest BCUT2D eigenvalue weighted by molar-refractivity contribution is 0.171. The third kappa shape index (κ3) is 5.39. The smallest absolute Gasteiger partial charge is 0.00471 e. The topological polar surface area (TPSA) is 15.3 Å². The molecule has 0 unspecified atom stereocenters. The number of nitrogens with one attached hydrogen (secondary N) is 1. The Balaban J connectivity index is 2.35. The average Bonchev–Trinajstić information content (AvgIpc) is 2.75. The third-order valence-electron chi connectivity index (χ3n) is 4.09. The van der Waals surface area contributed by atoms with E-state index in [4.69, 9.17) is 0 Å². The summed E-state index contributed by atoms with van der Waals surface area (Å²) < 4.78 is 0. The van der Waals surface area contributed by atoms with Crippen LogP contribution in [0.1, 0.15) is 58.8 Å². The largest absolute Gasteiger partial charge is 0.316 e. The van der Waals surface area contributed by atoms with Crippen LogP contribution in [0.5, 0.6) is 0 Å². The molecule has 1 fully saturated rings. The summed E-state index contributed by atoms with van der Waals surface area (Å²) in [4.78, 5) is 2.56. The molecule has 102 valence electrons. The van der Waals surface area contributed by atoms with Crippen molar-refractivity contribution in [2.45, 2.75) is 58.8 Å². The van der Waals surface area contributed by atoms with E-state index in [0.717, 1.165) is 0 Å². The summed E-state index contributed by atoms with van der Waals surface area (Å²) in [6, 6.07) is 0. The summed E-state index contributed by atoms with van der Waals surface area (Å²) in [5, 5.41) is 3.65. The zero-order valence-corrected chi connectivity index (χ0v) is 12.2. The Bertz CT molecular complexity index is 185. The molecule has 0 bridgehead atoms. The number of hydrogen-bond acceptors (Lipinski definition) is 2. The van der Waals surface area contributed by atoms with Gasteiger partial charge in [0.05, 0.1) is 0 Å². The minimum atomic E-state index is 0.581. The number of hydrogen-bond donors (Lipinski definition) is 1. The Kier molecular flexibility index (Phi) is 7.14. The van der Waals surface area contributed by atoms with Crippen molar-refractivity contribution in [3.05, 3.63) is 0 Å². The normalized spacial score (nSPS) is 19.1. The number of unbranched alkanes of at least 4 members (excludes halogenated alkanes) is 1. The van der Waals surface area contributed by atoms with Gasteiger partial charge in [0.25, 0.3) is 0 Å². The van der Waals surface area contributed by atoms with Crippen LogP contribution in [0.4, 0.5) is 0 Å². The Labute approximate surface area is 108 Å². The van der Waals surface area contributed by atoms with Crippen molar-refractivity contribution >= 4 is 0 Å². The van der Waals surface area contributed by atoms with E-state index in [-0.39, 0.29) is 0 Å². The van der Waals surface area contributed by atoms with Crippen LogP contribution in [0.3, 0.4) is 0 Å². The van der Waals surface area contributed by atoms with E-state index in [2.05, 4.69) is 31.1 Å². The fourth-order valence-corrected chi connectivity index (χ4v) is 3.13. The first-order valence-corrected chi connectivity index (χ1v) is 7.62. The molecule has 2 heteroatoms. The van der Waals surface area contributed by atoms with E-state index in [9.17, 15) is 0 Å². The highest BCUT2D eigenvalue weighted by Crippen LogP contribution is 2.38. The van der Waals surface area contributed by atoms with Gasteiger partial charge in [0.1, 0.15) is 0 Å². The molecule has 0 saturated heterocycles. The summed E-state index contributed by atoms with van der Waals surface area (Å²) >= 11 is 0. The van der Waals surface area contributed by atoms with E-state index in [0.29, 0.717) is 5.41 Å². The summed E-state index contributed by atoms with van der Waals surface area (Å²) in [5.74, 6) is 0. The predicted molar refractivity (Wildman–Crippen MR) is 76.5 cm³/mol. The molecule has 2 nitrogen and oxygen atoms in total. The molecule has 0 amide bonds. The zero-order valence-electron chi connectivity index (χ0n) is 12.2. The minimum absolute atomic E-state index is 0.581. The minimum Gasteiger partial charge on any atom is -0.316 e. The molecule has 17 heavy (non-hydrogen) atoms. The molecule has 0 aromatic carbocycles. The van der Waals surface area contributed by atoms with Gasteiger partial charge in [0.2, 0.25) is 0 Å². The molecular weight excluding hydrogens is 208 g/mol. The van der Waals surface area contributed by atoms with E-state index < -0.39 is 0 Å². The van der Waals surface area contributed by atoms with Gasteiger partial charge in [-0.1, -0.05) is 33.1 Å². The van der Waals surface area contributed by atoms with Gasteiger partial charge in [-0.2, -0.15) is 0 Å². The second kappa shape index (κ2) is 8.10. The quantitative estimate of drug-likeness (QED) is 0.622. The highest BCUT2D eigenvalue weighted by Gasteiger charge is 2.34. The van der Waals surface area contributed by atoms with Crippen LogP contribution in [0.15, 0.2) is 0 Å². The van der Waals surface area contributed by atoms with Crippen molar-refractivity contribution < 1.29 is 0 Å². The van der Waals surface area contributed by atoms with E-state index >= 15 is 0 Å². The standard InChI is InChI=1S/C15H32N2/c1-4-6-12-17(3)14-15(9-7-8-10-15)13-16-11-5-2/h16H,4-14H2,1-3H3. The van der Waals surface area contributed by atoms with Crippen molar-refractivity contribution in [1.82, 2.24) is 10.2 Å². The fourth-order valence-electron chi connectivity index (χ4n) is 3.13. The van der Waals surface area contributed by atoms with Crippen LogP contribution >= 0.6 is 0 Å². The molecular formula is C15H32N2. The maximum absolute atomic E-state index is 3.65. The van der Waals surface area contributed by atoms with E-state index in [1.165, 1.54) is 71.1 Å². The van der Waals surface area contributed by atoms with Gasteiger partial charge in [-0.15, -0.1) is 0 Å². The van der Waals surface area contributed by atoms with Gasteiger partial charge < -0.3 is 10.2 Å². The molecule has 1 saturated carbocycles. The first kappa shape index (κ1) is 15.0. The van der Waals surface area contributed by atoms with Gasteiger partial charge in [0.15, 0.2) is 0 Å². The number of rotatable bonds is 9. The summed E-state index contributed by atoms with van der Waals surface area (Å²) in [7, 11) is 2.30. The Hall–Kier alpha value is -0.0800. The molecule has 0 aromatic rings. The average molecular weight is 240 g/mol. The summed E-state index contributed by atoms with van der Waals surface area (Å²) in [6.45, 7) is 9.51. The molecule has 1 aliphatic carbocycles. The third-order valence-corrected chi connectivity index (χ3v) is 4.09. The van der Waals surface area contributed by atoms with Crippen molar-refractivity contribution in [3.8, 4) is 0 Å². The summed E-state index contributed by atoms with van der Waals surface area (Å²) in [6.07, 6.45) is 9.65. The molecule has 1 aliphatic rings. The molecule has 1 N–H and O–H groups in total. The molecule has 0 aromatic heterocycles. The monoisotopic (exact) mass is 240 g/mol. The zero-order chi connectivity index (χ0) is 12.6. The van der Waals surface area contributed by atoms with E-state index in [1.807, 2.05) is 0 Å². The second-order valence-electron chi connectivity index (χ2n) is 5.98. The maximum atomic E-state index is 3.65. The van der Waals surface area contributed by atoms with Gasteiger partial charge in [-0.3, -0.25) is 0 Å². The van der Waals surface area contributed by atoms with Crippen LogP contribution in [0.2, 0.25) is 0 Å². The molecule has 0 aliphatic heterocycles. The van der Waals surface area contributed by atoms with Gasteiger partial charge in [-0.25, -0.2) is 0 Å². The van der Waals surface area contributed by atoms with Crippen LogP contribution in [-0.2, 0) is 0 Å². The van der Waals surface area contributed by atoms with E-state index in [1.54, 1.807) is 0 Å². The molecule has 0 radical (unpaired) electrons. The van der Waals surface area contributed by atoms with Crippen LogP contribution in [-0.4, -0.2) is 38.1 Å².